The van der Waals surface area contributed by atoms with Gasteiger partial charge in [0, 0.05) is 5.70 Å². The zero-order chi connectivity index (χ0) is 15.8. The van der Waals surface area contributed by atoms with E-state index in [1.54, 1.807) is 11.3 Å². The molecule has 1 aliphatic rings. The first-order chi connectivity index (χ1) is 11.2. The van der Waals surface area contributed by atoms with E-state index in [1.807, 2.05) is 55.5 Å². The Bertz CT molecular complexity index is 913. The summed E-state index contributed by atoms with van der Waals surface area (Å²) in [6.07, 6.45) is 0. The summed E-state index contributed by atoms with van der Waals surface area (Å²) in [6, 6.07) is 15.7. The molecule has 3 aromatic rings. The van der Waals surface area contributed by atoms with Crippen molar-refractivity contribution in [1.29, 1.82) is 0 Å². The van der Waals surface area contributed by atoms with Crippen LogP contribution in [0.4, 0.5) is 11.4 Å². The number of anilines is 2. The SMILES string of the molecule is CC1=C(Sc2nc3ccccc3s2)C(=O)Nc2ccccc2N1. The molecule has 0 saturated carbocycles. The molecule has 2 N–H and O–H groups in total. The van der Waals surface area contributed by atoms with Crippen LogP contribution in [0.2, 0.25) is 0 Å². The molecular weight excluding hydrogens is 326 g/mol. The highest BCUT2D eigenvalue weighted by Crippen LogP contribution is 2.38. The number of fused-ring (bicyclic) bond motifs is 2. The van der Waals surface area contributed by atoms with E-state index in [2.05, 4.69) is 15.6 Å². The molecular formula is C17H13N3OS2. The van der Waals surface area contributed by atoms with Gasteiger partial charge in [-0.2, -0.15) is 0 Å². The third-order valence-electron chi connectivity index (χ3n) is 3.51. The van der Waals surface area contributed by atoms with Gasteiger partial charge in [-0.05, 0) is 31.2 Å². The molecule has 2 aromatic carbocycles. The Kier molecular flexibility index (Phi) is 3.55. The Labute approximate surface area is 141 Å². The predicted molar refractivity (Wildman–Crippen MR) is 96.9 cm³/mol. The normalized spacial score (nSPS) is 14.2. The van der Waals surface area contributed by atoms with Crippen LogP contribution >= 0.6 is 23.1 Å². The molecule has 0 fully saturated rings. The number of amides is 1. The van der Waals surface area contributed by atoms with Crippen molar-refractivity contribution in [1.82, 2.24) is 4.98 Å². The molecule has 1 amide bonds. The van der Waals surface area contributed by atoms with Crippen LogP contribution in [-0.4, -0.2) is 10.9 Å². The second kappa shape index (κ2) is 5.72. The Morgan fingerprint density at radius 1 is 1.00 bits per heavy atom. The number of thiazole rings is 1. The molecule has 0 spiro atoms. The molecule has 0 saturated heterocycles. The molecule has 6 heteroatoms. The van der Waals surface area contributed by atoms with Crippen molar-refractivity contribution in [3.8, 4) is 0 Å². The van der Waals surface area contributed by atoms with E-state index in [1.165, 1.54) is 11.8 Å². The highest BCUT2D eigenvalue weighted by Gasteiger charge is 2.21. The van der Waals surface area contributed by atoms with Crippen molar-refractivity contribution < 1.29 is 4.79 Å². The first-order valence-electron chi connectivity index (χ1n) is 7.12. The van der Waals surface area contributed by atoms with Gasteiger partial charge >= 0.3 is 0 Å². The van der Waals surface area contributed by atoms with E-state index >= 15 is 0 Å². The van der Waals surface area contributed by atoms with Crippen LogP contribution in [-0.2, 0) is 4.79 Å². The fourth-order valence-corrected chi connectivity index (χ4v) is 4.46. The van der Waals surface area contributed by atoms with Crippen LogP contribution in [0.3, 0.4) is 0 Å². The lowest BCUT2D eigenvalue weighted by molar-refractivity contribution is -0.112. The van der Waals surface area contributed by atoms with Gasteiger partial charge in [0.2, 0.25) is 0 Å². The lowest BCUT2D eigenvalue weighted by Gasteiger charge is -2.07. The number of allylic oxidation sites excluding steroid dienone is 1. The number of carbonyl (C=O) groups excluding carboxylic acids is 1. The first kappa shape index (κ1) is 14.3. The third kappa shape index (κ3) is 2.71. The van der Waals surface area contributed by atoms with E-state index < -0.39 is 0 Å². The van der Waals surface area contributed by atoms with Crippen LogP contribution in [0.1, 0.15) is 6.92 Å². The number of benzene rings is 2. The largest absolute Gasteiger partial charge is 0.356 e. The maximum Gasteiger partial charge on any atom is 0.264 e. The summed E-state index contributed by atoms with van der Waals surface area (Å²) in [6.45, 7) is 1.91. The van der Waals surface area contributed by atoms with Crippen molar-refractivity contribution in [3.05, 3.63) is 59.1 Å². The predicted octanol–water partition coefficient (Wildman–Crippen LogP) is 4.68. The lowest BCUT2D eigenvalue weighted by Crippen LogP contribution is -2.12. The third-order valence-corrected chi connectivity index (χ3v) is 5.80. The zero-order valence-corrected chi connectivity index (χ0v) is 13.9. The summed E-state index contributed by atoms with van der Waals surface area (Å²) in [5.74, 6) is -0.107. The average molecular weight is 339 g/mol. The maximum atomic E-state index is 12.6. The summed E-state index contributed by atoms with van der Waals surface area (Å²) in [5, 5.41) is 6.26. The second-order valence-corrected chi connectivity index (χ2v) is 7.42. The van der Waals surface area contributed by atoms with Gasteiger partial charge in [0.05, 0.1) is 26.5 Å². The Balaban J connectivity index is 1.69. The molecule has 0 unspecified atom stereocenters. The van der Waals surface area contributed by atoms with E-state index in [4.69, 9.17) is 0 Å². The molecule has 0 radical (unpaired) electrons. The second-order valence-electron chi connectivity index (χ2n) is 5.13. The fourth-order valence-electron chi connectivity index (χ4n) is 2.41. The number of carbonyl (C=O) groups is 1. The molecule has 114 valence electrons. The van der Waals surface area contributed by atoms with E-state index in [0.29, 0.717) is 4.91 Å². The Hall–Kier alpha value is -2.31. The summed E-state index contributed by atoms with van der Waals surface area (Å²) in [7, 11) is 0. The topological polar surface area (TPSA) is 54.0 Å². The van der Waals surface area contributed by atoms with Crippen LogP contribution in [0.25, 0.3) is 10.2 Å². The number of nitrogens with zero attached hydrogens (tertiary/aromatic N) is 1. The summed E-state index contributed by atoms with van der Waals surface area (Å²) in [5.41, 5.74) is 3.48. The quantitative estimate of drug-likeness (QED) is 0.711. The maximum absolute atomic E-state index is 12.6. The molecule has 0 atom stereocenters. The Morgan fingerprint density at radius 3 is 2.48 bits per heavy atom. The molecule has 4 rings (SSSR count). The van der Waals surface area contributed by atoms with Crippen molar-refractivity contribution in [3.63, 3.8) is 0 Å². The van der Waals surface area contributed by atoms with Gasteiger partial charge in [0.25, 0.3) is 5.91 Å². The highest BCUT2D eigenvalue weighted by atomic mass is 32.2. The number of rotatable bonds is 2. The molecule has 1 aliphatic heterocycles. The van der Waals surface area contributed by atoms with E-state index in [-0.39, 0.29) is 5.91 Å². The summed E-state index contributed by atoms with van der Waals surface area (Å²) >= 11 is 3.00. The number of para-hydroxylation sites is 3. The molecule has 0 bridgehead atoms. The first-order valence-corrected chi connectivity index (χ1v) is 8.76. The van der Waals surface area contributed by atoms with Crippen molar-refractivity contribution >= 4 is 50.6 Å². The van der Waals surface area contributed by atoms with Crippen molar-refractivity contribution in [2.75, 3.05) is 10.6 Å². The smallest absolute Gasteiger partial charge is 0.264 e. The lowest BCUT2D eigenvalue weighted by atomic mass is 10.2. The van der Waals surface area contributed by atoms with Crippen LogP contribution in [0.15, 0.2) is 63.5 Å². The van der Waals surface area contributed by atoms with Crippen molar-refractivity contribution in [2.24, 2.45) is 0 Å². The molecule has 2 heterocycles. The molecule has 23 heavy (non-hydrogen) atoms. The zero-order valence-electron chi connectivity index (χ0n) is 12.3. The van der Waals surface area contributed by atoms with Gasteiger partial charge in [0.15, 0.2) is 4.34 Å². The standard InChI is InChI=1S/C17H13N3OS2/c1-10-15(16(21)19-12-7-3-2-6-11(12)18-10)23-17-20-13-8-4-5-9-14(13)22-17/h2-9,18H,1H3,(H,19,21). The van der Waals surface area contributed by atoms with Gasteiger partial charge in [-0.1, -0.05) is 36.0 Å². The van der Waals surface area contributed by atoms with E-state index in [9.17, 15) is 4.79 Å². The van der Waals surface area contributed by atoms with Gasteiger partial charge in [0.1, 0.15) is 0 Å². The van der Waals surface area contributed by atoms with Gasteiger partial charge in [-0.15, -0.1) is 11.3 Å². The summed E-state index contributed by atoms with van der Waals surface area (Å²) in [4.78, 5) is 17.8. The van der Waals surface area contributed by atoms with Gasteiger partial charge < -0.3 is 10.6 Å². The average Bonchev–Trinajstić information content (AvgIpc) is 2.91. The Morgan fingerprint density at radius 2 is 1.70 bits per heavy atom. The highest BCUT2D eigenvalue weighted by molar-refractivity contribution is 8.05. The fraction of sp³-hybridized carbons (Fsp3) is 0.0588. The monoisotopic (exact) mass is 339 g/mol. The summed E-state index contributed by atoms with van der Waals surface area (Å²) < 4.78 is 1.99. The molecule has 4 nitrogen and oxygen atoms in total. The number of nitrogens with one attached hydrogen (secondary N) is 2. The van der Waals surface area contributed by atoms with Crippen molar-refractivity contribution in [2.45, 2.75) is 11.3 Å². The number of hydrogen-bond donors (Lipinski definition) is 2. The van der Waals surface area contributed by atoms with Crippen LogP contribution < -0.4 is 10.6 Å². The van der Waals surface area contributed by atoms with Gasteiger partial charge in [-0.3, -0.25) is 4.79 Å². The molecule has 1 aromatic heterocycles. The van der Waals surface area contributed by atoms with E-state index in [0.717, 1.165) is 31.6 Å². The molecule has 0 aliphatic carbocycles. The minimum absolute atomic E-state index is 0.107. The van der Waals surface area contributed by atoms with Gasteiger partial charge in [-0.25, -0.2) is 4.98 Å². The number of hydrogen-bond acceptors (Lipinski definition) is 5. The number of aromatic nitrogens is 1. The number of thioether (sulfide) groups is 1. The minimum Gasteiger partial charge on any atom is -0.356 e. The minimum atomic E-state index is -0.107. The van der Waals surface area contributed by atoms with Crippen LogP contribution in [0, 0.1) is 0 Å². The van der Waals surface area contributed by atoms with Crippen LogP contribution in [0.5, 0.6) is 0 Å².